The molecular formula is C17H28N4O16P2. The first kappa shape index (κ1) is 31.7. The highest BCUT2D eigenvalue weighted by Gasteiger charge is 2.52. The summed E-state index contributed by atoms with van der Waals surface area (Å²) in [6, 6.07) is -0.735. The summed E-state index contributed by atoms with van der Waals surface area (Å²) in [4.78, 5) is 55.4. The van der Waals surface area contributed by atoms with Crippen molar-refractivity contribution in [3.8, 4) is 0 Å². The number of phosphoric acid groups is 2. The lowest BCUT2D eigenvalue weighted by molar-refractivity contribution is -0.241. The minimum absolute atomic E-state index is 0.416. The number of nitrogens with zero attached hydrogens (tertiary/aromatic N) is 1. The van der Waals surface area contributed by atoms with E-state index in [1.807, 2.05) is 4.98 Å². The van der Waals surface area contributed by atoms with E-state index in [9.17, 15) is 53.7 Å². The largest absolute Gasteiger partial charge is 0.484 e. The summed E-state index contributed by atoms with van der Waals surface area (Å²) >= 11 is 0. The number of rotatable bonds is 10. The van der Waals surface area contributed by atoms with Gasteiger partial charge in [-0.3, -0.25) is 28.2 Å². The number of aliphatic hydroxyl groups is 4. The van der Waals surface area contributed by atoms with Crippen LogP contribution in [0.5, 0.6) is 0 Å². The average molecular weight is 606 g/mol. The summed E-state index contributed by atoms with van der Waals surface area (Å²) in [6.07, 6.45) is -12.9. The van der Waals surface area contributed by atoms with Crippen LogP contribution in [0.2, 0.25) is 0 Å². The van der Waals surface area contributed by atoms with Gasteiger partial charge in [0.2, 0.25) is 5.91 Å². The molecule has 22 heteroatoms. The molecule has 0 saturated carbocycles. The minimum atomic E-state index is -5.65. The maximum absolute atomic E-state index is 13.3. The molecule has 1 aromatic rings. The van der Waals surface area contributed by atoms with Crippen LogP contribution in [0.25, 0.3) is 0 Å². The van der Waals surface area contributed by atoms with Crippen LogP contribution >= 0.6 is 15.6 Å². The highest BCUT2D eigenvalue weighted by atomic mass is 31.3. The number of ether oxygens (including phenoxy) is 2. The number of aromatic nitrogens is 2. The van der Waals surface area contributed by atoms with Crippen LogP contribution in [0, 0.1) is 0 Å². The number of carbonyl (C=O) groups is 1. The summed E-state index contributed by atoms with van der Waals surface area (Å²) in [5, 5.41) is 43.7. The van der Waals surface area contributed by atoms with Crippen LogP contribution in [0.1, 0.15) is 13.2 Å². The third kappa shape index (κ3) is 7.66. The number of phosphoric ester groups is 1. The molecule has 222 valence electrons. The Morgan fingerprint density at radius 1 is 1.13 bits per heavy atom. The Labute approximate surface area is 218 Å². The molecule has 10 atom stereocenters. The van der Waals surface area contributed by atoms with Crippen LogP contribution in [0.4, 0.5) is 0 Å². The van der Waals surface area contributed by atoms with Crippen LogP contribution in [-0.2, 0) is 36.8 Å². The molecule has 10 N–H and O–H groups in total. The monoisotopic (exact) mass is 606 g/mol. The third-order valence-electron chi connectivity index (χ3n) is 5.61. The van der Waals surface area contributed by atoms with Gasteiger partial charge >= 0.3 is 21.3 Å². The van der Waals surface area contributed by atoms with Gasteiger partial charge in [-0.25, -0.2) is 13.9 Å². The summed E-state index contributed by atoms with van der Waals surface area (Å²) in [5.41, 5.74) is 3.71. The van der Waals surface area contributed by atoms with Crippen molar-refractivity contribution in [2.75, 3.05) is 13.2 Å². The molecule has 1 unspecified atom stereocenters. The van der Waals surface area contributed by atoms with Crippen molar-refractivity contribution in [3.63, 3.8) is 0 Å². The van der Waals surface area contributed by atoms with Crippen molar-refractivity contribution in [2.24, 2.45) is 5.73 Å². The van der Waals surface area contributed by atoms with Gasteiger partial charge in [0.1, 0.15) is 42.7 Å². The van der Waals surface area contributed by atoms with Crippen molar-refractivity contribution < 1.29 is 67.0 Å². The number of H-pyrrole nitrogens is 1. The first-order valence-electron chi connectivity index (χ1n) is 11.1. The van der Waals surface area contributed by atoms with Gasteiger partial charge in [-0.05, 0) is 0 Å². The average Bonchev–Trinajstić information content (AvgIpc) is 3.09. The fourth-order valence-corrected chi connectivity index (χ4v) is 6.21. The molecule has 2 saturated heterocycles. The van der Waals surface area contributed by atoms with E-state index in [4.69, 9.17) is 24.3 Å². The zero-order valence-corrected chi connectivity index (χ0v) is 21.7. The van der Waals surface area contributed by atoms with Gasteiger partial charge in [-0.1, -0.05) is 0 Å². The molecule has 2 aliphatic rings. The molecule has 3 heterocycles. The SMILES string of the molecule is CC(=O)N[C@@H]1[C@@H](OP(=O)(OC[C@H]2O[C@@H](n3ccc(=O)[nH]c3=O)[C@H](O)[C@@H]2O)OP(=O)(O)O)[C@H](O)[C@@H](CN)O[C@@H]1O. The Kier molecular flexibility index (Phi) is 10.0. The maximum atomic E-state index is 13.3. The van der Waals surface area contributed by atoms with Gasteiger partial charge in [0.15, 0.2) is 12.5 Å². The topological polar surface area (TPSA) is 312 Å². The number of aromatic amines is 1. The zero-order chi connectivity index (χ0) is 29.3. The van der Waals surface area contributed by atoms with Crippen LogP contribution in [0.3, 0.4) is 0 Å². The molecule has 0 bridgehead atoms. The second kappa shape index (κ2) is 12.3. The van der Waals surface area contributed by atoms with E-state index in [1.54, 1.807) is 0 Å². The van der Waals surface area contributed by atoms with Crippen molar-refractivity contribution in [2.45, 2.75) is 62.1 Å². The molecule has 0 spiro atoms. The van der Waals surface area contributed by atoms with E-state index in [0.29, 0.717) is 0 Å². The standard InChI is InChI=1S/C17H28N4O16P2/c1-6(22)19-10-14(12(25)7(4-18)35-16(10)27)36-39(32,37-38(29,30)31)33-5-8-11(24)13(26)15(34-8)21-3-2-9(23)20-17(21)28/h2-3,7-8,10-16,24-27H,4-5,18H2,1H3,(H,19,22)(H,20,23,28)(H2,29,30,31)/t7-,8-,10-,11-,12-,13-,14-,15-,16+,39?/m1/s1. The van der Waals surface area contributed by atoms with Gasteiger partial charge in [0, 0.05) is 25.7 Å². The molecular weight excluding hydrogens is 578 g/mol. The van der Waals surface area contributed by atoms with Crippen molar-refractivity contribution >= 4 is 21.6 Å². The molecule has 39 heavy (non-hydrogen) atoms. The van der Waals surface area contributed by atoms with Gasteiger partial charge in [0.05, 0.1) is 6.61 Å². The molecule has 3 rings (SSSR count). The quantitative estimate of drug-likeness (QED) is 0.113. The van der Waals surface area contributed by atoms with E-state index in [0.717, 1.165) is 23.8 Å². The lowest BCUT2D eigenvalue weighted by Gasteiger charge is -2.43. The molecule has 2 fully saturated rings. The van der Waals surface area contributed by atoms with Crippen LogP contribution in [-0.4, -0.2) is 108 Å². The van der Waals surface area contributed by atoms with E-state index in [1.165, 1.54) is 0 Å². The Bertz CT molecular complexity index is 1240. The van der Waals surface area contributed by atoms with Crippen LogP contribution in [0.15, 0.2) is 21.9 Å². The molecule has 2 aliphatic heterocycles. The Morgan fingerprint density at radius 3 is 2.36 bits per heavy atom. The maximum Gasteiger partial charge on any atom is 0.484 e. The molecule has 1 amide bonds. The number of hydrogen-bond acceptors (Lipinski definition) is 15. The lowest BCUT2D eigenvalue weighted by Crippen LogP contribution is -2.65. The Morgan fingerprint density at radius 2 is 1.79 bits per heavy atom. The Balaban J connectivity index is 1.84. The fourth-order valence-electron chi connectivity index (χ4n) is 3.88. The lowest BCUT2D eigenvalue weighted by atomic mass is 9.97. The van der Waals surface area contributed by atoms with Crippen molar-refractivity contribution in [1.82, 2.24) is 14.9 Å². The van der Waals surface area contributed by atoms with Crippen molar-refractivity contribution in [3.05, 3.63) is 33.1 Å². The van der Waals surface area contributed by atoms with E-state index in [-0.39, 0.29) is 0 Å². The molecule has 0 aromatic carbocycles. The number of carbonyl (C=O) groups excluding carboxylic acids is 1. The van der Waals surface area contributed by atoms with Crippen LogP contribution < -0.4 is 22.3 Å². The van der Waals surface area contributed by atoms with Gasteiger partial charge < -0.3 is 50.7 Å². The Hall–Kier alpha value is -1.87. The highest BCUT2D eigenvalue weighted by molar-refractivity contribution is 7.61. The van der Waals surface area contributed by atoms with Gasteiger partial charge in [0.25, 0.3) is 5.56 Å². The smallest absolute Gasteiger partial charge is 0.388 e. The normalized spacial score (nSPS) is 34.9. The summed E-state index contributed by atoms with van der Waals surface area (Å²) in [6.45, 7) is -0.445. The number of nitrogens with two attached hydrogens (primary N) is 1. The number of nitrogens with one attached hydrogen (secondary N) is 2. The second-order valence-corrected chi connectivity index (χ2v) is 11.5. The first-order chi connectivity index (χ1) is 18.0. The molecule has 0 radical (unpaired) electrons. The summed E-state index contributed by atoms with van der Waals surface area (Å²) in [5.74, 6) is -0.777. The molecule has 20 nitrogen and oxygen atoms in total. The minimum Gasteiger partial charge on any atom is -0.388 e. The van der Waals surface area contributed by atoms with E-state index < -0.39 is 101 Å². The second-order valence-electron chi connectivity index (χ2n) is 8.47. The first-order valence-corrected chi connectivity index (χ1v) is 14.1. The van der Waals surface area contributed by atoms with Crippen molar-refractivity contribution in [1.29, 1.82) is 0 Å². The molecule has 1 aromatic heterocycles. The summed E-state index contributed by atoms with van der Waals surface area (Å²) in [7, 11) is -11.1. The van der Waals surface area contributed by atoms with E-state index in [2.05, 4.69) is 9.63 Å². The fraction of sp³-hybridized carbons (Fsp3) is 0.706. The number of aliphatic hydroxyl groups excluding tert-OH is 4. The predicted molar refractivity (Wildman–Crippen MR) is 122 cm³/mol. The third-order valence-corrected chi connectivity index (χ3v) is 8.23. The summed E-state index contributed by atoms with van der Waals surface area (Å²) < 4.78 is 50.3. The highest BCUT2D eigenvalue weighted by Crippen LogP contribution is 2.62. The van der Waals surface area contributed by atoms with Gasteiger partial charge in [-0.15, -0.1) is 0 Å². The molecule has 0 aliphatic carbocycles. The van der Waals surface area contributed by atoms with E-state index >= 15 is 0 Å². The van der Waals surface area contributed by atoms with Gasteiger partial charge in [-0.2, -0.15) is 4.31 Å². The number of amides is 1. The predicted octanol–water partition coefficient (Wildman–Crippen LogP) is -4.68. The zero-order valence-electron chi connectivity index (χ0n) is 19.9. The number of hydrogen-bond donors (Lipinski definition) is 9.